The first-order chi connectivity index (χ1) is 15.2. The van der Waals surface area contributed by atoms with E-state index in [1.807, 2.05) is 30.5 Å². The molecule has 1 aliphatic heterocycles. The molecule has 0 N–H and O–H groups in total. The monoisotopic (exact) mass is 422 g/mol. The number of anilines is 1. The number of ether oxygens (including phenoxy) is 2. The molecular formula is C24H30N4O3. The number of fused-ring (bicyclic) bond motifs is 1. The third kappa shape index (κ3) is 4.99. The van der Waals surface area contributed by atoms with E-state index in [-0.39, 0.29) is 5.78 Å². The van der Waals surface area contributed by atoms with Crippen LogP contribution in [0.2, 0.25) is 0 Å². The number of unbranched alkanes of at least 4 members (excludes halogenated alkanes) is 1. The molecule has 1 fully saturated rings. The molecule has 4 rings (SSSR count). The lowest BCUT2D eigenvalue weighted by Crippen LogP contribution is -2.46. The topological polar surface area (TPSA) is 59.3 Å². The highest BCUT2D eigenvalue weighted by Gasteiger charge is 2.19. The molecule has 7 nitrogen and oxygen atoms in total. The highest BCUT2D eigenvalue weighted by Crippen LogP contribution is 2.28. The van der Waals surface area contributed by atoms with Gasteiger partial charge in [0.2, 0.25) is 0 Å². The fourth-order valence-corrected chi connectivity index (χ4v) is 4.05. The molecule has 0 spiro atoms. The largest absolute Gasteiger partial charge is 0.495 e. The summed E-state index contributed by atoms with van der Waals surface area (Å²) in [5, 5.41) is 4.20. The van der Waals surface area contributed by atoms with Gasteiger partial charge in [-0.2, -0.15) is 5.10 Å². The lowest BCUT2D eigenvalue weighted by molar-refractivity contribution is 0.101. The Morgan fingerprint density at radius 1 is 1.10 bits per heavy atom. The van der Waals surface area contributed by atoms with Crippen LogP contribution in [0.5, 0.6) is 11.5 Å². The van der Waals surface area contributed by atoms with Gasteiger partial charge in [-0.25, -0.2) is 4.52 Å². The summed E-state index contributed by atoms with van der Waals surface area (Å²) < 4.78 is 13.1. The van der Waals surface area contributed by atoms with Gasteiger partial charge in [0, 0.05) is 38.4 Å². The van der Waals surface area contributed by atoms with Crippen LogP contribution in [0.25, 0.3) is 5.52 Å². The Morgan fingerprint density at radius 3 is 2.68 bits per heavy atom. The Hall–Kier alpha value is -3.06. The minimum absolute atomic E-state index is 0.0120. The molecule has 0 radical (unpaired) electrons. The van der Waals surface area contributed by atoms with Crippen molar-refractivity contribution in [1.82, 2.24) is 14.5 Å². The highest BCUT2D eigenvalue weighted by molar-refractivity contribution is 6.00. The van der Waals surface area contributed by atoms with Crippen LogP contribution in [0, 0.1) is 0 Å². The van der Waals surface area contributed by atoms with Crippen molar-refractivity contribution in [2.45, 2.75) is 19.8 Å². The van der Waals surface area contributed by atoms with Gasteiger partial charge in [-0.3, -0.25) is 9.69 Å². The molecule has 0 amide bonds. The minimum Gasteiger partial charge on any atom is -0.495 e. The maximum absolute atomic E-state index is 11.7. The van der Waals surface area contributed by atoms with Crippen LogP contribution < -0.4 is 14.4 Å². The van der Waals surface area contributed by atoms with Gasteiger partial charge in [0.15, 0.2) is 5.78 Å². The maximum Gasteiger partial charge on any atom is 0.163 e. The number of hydrogen-bond acceptors (Lipinski definition) is 6. The molecular weight excluding hydrogens is 392 g/mol. The number of ketones is 1. The van der Waals surface area contributed by atoms with E-state index >= 15 is 0 Å². The van der Waals surface area contributed by atoms with Gasteiger partial charge in [-0.05, 0) is 44.5 Å². The van der Waals surface area contributed by atoms with Gasteiger partial charge in [-0.1, -0.05) is 12.1 Å². The van der Waals surface area contributed by atoms with Crippen LogP contribution in [-0.4, -0.2) is 66.7 Å². The van der Waals surface area contributed by atoms with E-state index in [9.17, 15) is 4.79 Å². The van der Waals surface area contributed by atoms with Crippen molar-refractivity contribution < 1.29 is 14.3 Å². The molecule has 31 heavy (non-hydrogen) atoms. The summed E-state index contributed by atoms with van der Waals surface area (Å²) in [5.74, 6) is 1.73. The molecule has 164 valence electrons. The number of Topliss-reactive ketones (excluding diaryl/α,β-unsaturated/α-hetero) is 1. The lowest BCUT2D eigenvalue weighted by atomic mass is 10.2. The molecule has 1 aliphatic rings. The first-order valence-corrected chi connectivity index (χ1v) is 10.9. The zero-order valence-electron chi connectivity index (χ0n) is 18.3. The number of para-hydroxylation sites is 2. The summed E-state index contributed by atoms with van der Waals surface area (Å²) in [6.07, 6.45) is 5.53. The quantitative estimate of drug-likeness (QED) is 0.388. The van der Waals surface area contributed by atoms with Crippen LogP contribution in [-0.2, 0) is 0 Å². The Kier molecular flexibility index (Phi) is 6.72. The van der Waals surface area contributed by atoms with E-state index in [2.05, 4.69) is 27.0 Å². The highest BCUT2D eigenvalue weighted by atomic mass is 16.5. The molecule has 3 aromatic rings. The van der Waals surface area contributed by atoms with E-state index in [1.54, 1.807) is 24.7 Å². The number of nitrogens with zero attached hydrogens (tertiary/aromatic N) is 4. The second-order valence-electron chi connectivity index (χ2n) is 7.86. The van der Waals surface area contributed by atoms with Gasteiger partial charge >= 0.3 is 0 Å². The summed E-state index contributed by atoms with van der Waals surface area (Å²) >= 11 is 0. The standard InChI is InChI=1S/C24H30N4O3/c1-19(29)21-18-25-28-11-9-20(17-23(21)28)31-16-6-5-10-26-12-14-27(15-13-26)22-7-3-4-8-24(22)30-2/h3-4,7-9,11,17-18H,5-6,10,12-16H2,1-2H3. The maximum atomic E-state index is 11.7. The Balaban J connectivity index is 1.19. The number of methoxy groups -OCH3 is 1. The van der Waals surface area contributed by atoms with E-state index < -0.39 is 0 Å². The van der Waals surface area contributed by atoms with Crippen molar-refractivity contribution >= 4 is 17.0 Å². The average molecular weight is 423 g/mol. The second-order valence-corrected chi connectivity index (χ2v) is 7.86. The number of pyridine rings is 1. The SMILES string of the molecule is COc1ccccc1N1CCN(CCCCOc2ccn3ncc(C(C)=O)c3c2)CC1. The molecule has 3 heterocycles. The number of benzene rings is 1. The average Bonchev–Trinajstić information content (AvgIpc) is 3.23. The fraction of sp³-hybridized carbons (Fsp3) is 0.417. The molecule has 1 saturated heterocycles. The second kappa shape index (κ2) is 9.83. The summed E-state index contributed by atoms with van der Waals surface area (Å²) in [6.45, 7) is 7.46. The first kappa shape index (κ1) is 21.2. The van der Waals surface area contributed by atoms with E-state index in [0.29, 0.717) is 12.2 Å². The molecule has 0 bridgehead atoms. The van der Waals surface area contributed by atoms with E-state index in [0.717, 1.165) is 62.6 Å². The summed E-state index contributed by atoms with van der Waals surface area (Å²) in [4.78, 5) is 16.6. The van der Waals surface area contributed by atoms with Crippen molar-refractivity contribution in [2.75, 3.05) is 51.3 Å². The minimum atomic E-state index is 0.0120. The molecule has 0 atom stereocenters. The van der Waals surface area contributed by atoms with Crippen LogP contribution >= 0.6 is 0 Å². The van der Waals surface area contributed by atoms with Crippen LogP contribution in [0.15, 0.2) is 48.8 Å². The molecule has 0 unspecified atom stereocenters. The number of piperazine rings is 1. The molecule has 1 aromatic carbocycles. The number of hydrogen-bond donors (Lipinski definition) is 0. The van der Waals surface area contributed by atoms with Crippen LogP contribution in [0.1, 0.15) is 30.1 Å². The molecule has 2 aromatic heterocycles. The smallest absolute Gasteiger partial charge is 0.163 e. The van der Waals surface area contributed by atoms with Crippen LogP contribution in [0.3, 0.4) is 0 Å². The van der Waals surface area contributed by atoms with E-state index in [4.69, 9.17) is 9.47 Å². The molecule has 0 saturated carbocycles. The van der Waals surface area contributed by atoms with E-state index in [1.165, 1.54) is 5.69 Å². The summed E-state index contributed by atoms with van der Waals surface area (Å²) in [7, 11) is 1.73. The van der Waals surface area contributed by atoms with Crippen molar-refractivity contribution in [3.05, 3.63) is 54.4 Å². The summed E-state index contributed by atoms with van der Waals surface area (Å²) in [5.41, 5.74) is 2.59. The third-order valence-corrected chi connectivity index (χ3v) is 5.81. The van der Waals surface area contributed by atoms with Gasteiger partial charge in [0.1, 0.15) is 11.5 Å². The third-order valence-electron chi connectivity index (χ3n) is 5.81. The molecule has 7 heteroatoms. The lowest BCUT2D eigenvalue weighted by Gasteiger charge is -2.36. The normalized spacial score (nSPS) is 14.7. The van der Waals surface area contributed by atoms with Gasteiger partial charge in [0.05, 0.1) is 36.7 Å². The molecule has 0 aliphatic carbocycles. The van der Waals surface area contributed by atoms with Gasteiger partial charge in [-0.15, -0.1) is 0 Å². The number of carbonyl (C=O) groups excluding carboxylic acids is 1. The first-order valence-electron chi connectivity index (χ1n) is 10.9. The number of carbonyl (C=O) groups is 1. The zero-order chi connectivity index (χ0) is 21.6. The van der Waals surface area contributed by atoms with Crippen molar-refractivity contribution in [2.24, 2.45) is 0 Å². The Labute approximate surface area is 183 Å². The zero-order valence-corrected chi connectivity index (χ0v) is 18.3. The Morgan fingerprint density at radius 2 is 1.90 bits per heavy atom. The van der Waals surface area contributed by atoms with Gasteiger partial charge in [0.25, 0.3) is 0 Å². The predicted octanol–water partition coefficient (Wildman–Crippen LogP) is 3.53. The number of aromatic nitrogens is 2. The summed E-state index contributed by atoms with van der Waals surface area (Å²) in [6, 6.07) is 12.0. The van der Waals surface area contributed by atoms with Crippen molar-refractivity contribution in [3.63, 3.8) is 0 Å². The van der Waals surface area contributed by atoms with Gasteiger partial charge < -0.3 is 14.4 Å². The number of rotatable bonds is 9. The predicted molar refractivity (Wildman–Crippen MR) is 122 cm³/mol. The van der Waals surface area contributed by atoms with Crippen molar-refractivity contribution in [1.29, 1.82) is 0 Å². The fourth-order valence-electron chi connectivity index (χ4n) is 4.05. The van der Waals surface area contributed by atoms with Crippen LogP contribution in [0.4, 0.5) is 5.69 Å². The van der Waals surface area contributed by atoms with Crippen molar-refractivity contribution in [3.8, 4) is 11.5 Å². The Bertz CT molecular complexity index is 1020.